The van der Waals surface area contributed by atoms with Gasteiger partial charge in [0.25, 0.3) is 0 Å². The second-order valence-corrected chi connectivity index (χ2v) is 5.11. The third kappa shape index (κ3) is 3.92. The maximum absolute atomic E-state index is 12.9. The van der Waals surface area contributed by atoms with Gasteiger partial charge in [-0.2, -0.15) is 13.2 Å². The van der Waals surface area contributed by atoms with E-state index >= 15 is 0 Å². The molecule has 0 saturated carbocycles. The number of nitrogens with one attached hydrogen (secondary N) is 1. The first-order valence-corrected chi connectivity index (χ1v) is 6.95. The predicted octanol–water partition coefficient (Wildman–Crippen LogP) is 2.62. The summed E-state index contributed by atoms with van der Waals surface area (Å²) in [6.45, 7) is 0. The molecule has 1 aliphatic heterocycles. The molecule has 1 aromatic carbocycles. The Bertz CT molecular complexity index is 558. The number of hydrogen-bond acceptors (Lipinski definition) is 5. The summed E-state index contributed by atoms with van der Waals surface area (Å²) in [7, 11) is 1.06. The zero-order chi connectivity index (χ0) is 15.5. The zero-order valence-corrected chi connectivity index (χ0v) is 11.8. The van der Waals surface area contributed by atoms with Crippen LogP contribution in [0.25, 0.3) is 0 Å². The third-order valence-corrected chi connectivity index (χ3v) is 3.63. The van der Waals surface area contributed by atoms with Gasteiger partial charge in [-0.15, -0.1) is 0 Å². The third-order valence-electron chi connectivity index (χ3n) is 2.67. The summed E-state index contributed by atoms with van der Waals surface area (Å²) < 4.78 is 43.3. The Morgan fingerprint density at radius 2 is 2.00 bits per heavy atom. The first-order chi connectivity index (χ1) is 9.91. The molecular weight excluding hydrogens is 305 g/mol. The van der Waals surface area contributed by atoms with Gasteiger partial charge in [-0.25, -0.2) is 4.99 Å². The Hall–Kier alpha value is -1.67. The lowest BCUT2D eigenvalue weighted by atomic mass is 10.2. The minimum atomic E-state index is -4.65. The minimum Gasteiger partial charge on any atom is -0.494 e. The number of aliphatic imine (C=N–C) groups is 1. The first kappa shape index (κ1) is 15.7. The largest absolute Gasteiger partial charge is 0.494 e. The van der Waals surface area contributed by atoms with E-state index in [1.54, 1.807) is 0 Å². The van der Waals surface area contributed by atoms with Crippen LogP contribution in [0.1, 0.15) is 5.56 Å². The van der Waals surface area contributed by atoms with Crippen molar-refractivity contribution in [2.75, 3.05) is 7.11 Å². The average molecular weight is 318 g/mol. The lowest BCUT2D eigenvalue weighted by Crippen LogP contribution is -2.38. The van der Waals surface area contributed by atoms with E-state index in [2.05, 4.69) is 15.0 Å². The summed E-state index contributed by atoms with van der Waals surface area (Å²) in [4.78, 5) is 3.75. The van der Waals surface area contributed by atoms with Gasteiger partial charge in [0.15, 0.2) is 16.6 Å². The van der Waals surface area contributed by atoms with Crippen LogP contribution >= 0.6 is 11.8 Å². The van der Waals surface area contributed by atoms with Crippen molar-refractivity contribution in [2.24, 2.45) is 4.99 Å². The van der Waals surface area contributed by atoms with Crippen LogP contribution < -0.4 is 5.32 Å². The number of halogens is 3. The van der Waals surface area contributed by atoms with E-state index in [1.165, 1.54) is 0 Å². The van der Waals surface area contributed by atoms with Crippen LogP contribution in [0.15, 0.2) is 46.8 Å². The molecule has 1 aliphatic rings. The topological polar surface area (TPSA) is 53.8 Å². The summed E-state index contributed by atoms with van der Waals surface area (Å²) in [5.41, 5.74) is -0.181. The molecule has 1 atom stereocenters. The molecule has 0 aliphatic carbocycles. The number of ether oxygens (including phenoxy) is 1. The number of methoxy groups -OCH3 is 1. The smallest absolute Gasteiger partial charge is 0.434 e. The summed E-state index contributed by atoms with van der Waals surface area (Å²) in [6, 6.07) is 9.24. The van der Waals surface area contributed by atoms with Gasteiger partial charge in [0, 0.05) is 5.75 Å². The molecule has 0 amide bonds. The molecule has 0 saturated heterocycles. The Morgan fingerprint density at radius 3 is 2.57 bits per heavy atom. The van der Waals surface area contributed by atoms with Gasteiger partial charge in [0.1, 0.15) is 0 Å². The van der Waals surface area contributed by atoms with Crippen LogP contribution in [0.2, 0.25) is 0 Å². The van der Waals surface area contributed by atoms with Crippen LogP contribution in [-0.4, -0.2) is 29.8 Å². The number of aliphatic hydroxyl groups is 1. The van der Waals surface area contributed by atoms with Gasteiger partial charge >= 0.3 is 6.18 Å². The lowest BCUT2D eigenvalue weighted by Gasteiger charge is -2.25. The number of nitrogens with zero attached hydrogens (tertiary/aromatic N) is 1. The SMILES string of the molecule is COC1=C(C(F)(F)F)NC(SCc2ccccc2)=NC1O. The van der Waals surface area contributed by atoms with Gasteiger partial charge < -0.3 is 15.2 Å². The molecule has 4 nitrogen and oxygen atoms in total. The fourth-order valence-corrected chi connectivity index (χ4v) is 2.56. The number of alkyl halides is 3. The predicted molar refractivity (Wildman–Crippen MR) is 74.4 cm³/mol. The maximum Gasteiger partial charge on any atom is 0.434 e. The zero-order valence-electron chi connectivity index (χ0n) is 11.0. The number of aliphatic hydroxyl groups excluding tert-OH is 1. The first-order valence-electron chi connectivity index (χ1n) is 5.97. The minimum absolute atomic E-state index is 0.000483. The molecule has 0 spiro atoms. The summed E-state index contributed by atoms with van der Waals surface area (Å²) >= 11 is 1.08. The van der Waals surface area contributed by atoms with Crippen molar-refractivity contribution < 1.29 is 23.0 Å². The number of benzene rings is 1. The van der Waals surface area contributed by atoms with E-state index in [0.717, 1.165) is 24.4 Å². The monoisotopic (exact) mass is 318 g/mol. The van der Waals surface area contributed by atoms with Crippen LogP contribution in [-0.2, 0) is 10.5 Å². The van der Waals surface area contributed by atoms with Gasteiger partial charge in [0.05, 0.1) is 7.11 Å². The van der Waals surface area contributed by atoms with Gasteiger partial charge in [-0.1, -0.05) is 42.1 Å². The van der Waals surface area contributed by atoms with Crippen LogP contribution in [0, 0.1) is 0 Å². The van der Waals surface area contributed by atoms with Crippen LogP contribution in [0.4, 0.5) is 13.2 Å². The second kappa shape index (κ2) is 6.40. The Morgan fingerprint density at radius 1 is 1.33 bits per heavy atom. The van der Waals surface area contributed by atoms with Crippen molar-refractivity contribution >= 4 is 16.9 Å². The molecule has 2 rings (SSSR count). The molecule has 114 valence electrons. The molecule has 0 bridgehead atoms. The highest BCUT2D eigenvalue weighted by atomic mass is 32.2. The Balaban J connectivity index is 2.10. The van der Waals surface area contributed by atoms with Crippen molar-refractivity contribution in [3.8, 4) is 0 Å². The number of thioether (sulfide) groups is 1. The van der Waals surface area contributed by atoms with Crippen molar-refractivity contribution in [1.82, 2.24) is 5.32 Å². The fraction of sp³-hybridized carbons (Fsp3) is 0.308. The molecule has 8 heteroatoms. The van der Waals surface area contributed by atoms with E-state index in [4.69, 9.17) is 0 Å². The molecule has 1 aromatic rings. The molecule has 2 N–H and O–H groups in total. The lowest BCUT2D eigenvalue weighted by molar-refractivity contribution is -0.101. The standard InChI is InChI=1S/C13H13F3N2O2S/c1-20-9-10(13(14,15)16)17-12(18-11(9)19)21-7-8-5-3-2-4-6-8/h2-6,11,19H,7H2,1H3,(H,17,18). The quantitative estimate of drug-likeness (QED) is 0.899. The average Bonchev–Trinajstić information content (AvgIpc) is 2.44. The molecule has 1 heterocycles. The van der Waals surface area contributed by atoms with E-state index in [0.29, 0.717) is 5.75 Å². The number of rotatable bonds is 3. The van der Waals surface area contributed by atoms with Gasteiger partial charge in [-0.05, 0) is 5.56 Å². The van der Waals surface area contributed by atoms with E-state index in [1.807, 2.05) is 30.3 Å². The van der Waals surface area contributed by atoms with Crippen molar-refractivity contribution in [3.63, 3.8) is 0 Å². The number of amidine groups is 1. The van der Waals surface area contributed by atoms with E-state index in [-0.39, 0.29) is 5.17 Å². The Labute approximate surface area is 123 Å². The van der Waals surface area contributed by atoms with Gasteiger partial charge in [0.2, 0.25) is 6.23 Å². The molecule has 21 heavy (non-hydrogen) atoms. The summed E-state index contributed by atoms with van der Waals surface area (Å²) in [5.74, 6) is -0.195. The fourth-order valence-electron chi connectivity index (χ4n) is 1.72. The summed E-state index contributed by atoms with van der Waals surface area (Å²) in [5, 5.41) is 11.8. The van der Waals surface area contributed by atoms with Gasteiger partial charge in [-0.3, -0.25) is 0 Å². The van der Waals surface area contributed by atoms with Crippen molar-refractivity contribution in [1.29, 1.82) is 0 Å². The highest BCUT2D eigenvalue weighted by Gasteiger charge is 2.42. The highest BCUT2D eigenvalue weighted by Crippen LogP contribution is 2.31. The maximum atomic E-state index is 12.9. The van der Waals surface area contributed by atoms with E-state index in [9.17, 15) is 18.3 Å². The second-order valence-electron chi connectivity index (χ2n) is 4.15. The highest BCUT2D eigenvalue weighted by molar-refractivity contribution is 8.13. The molecule has 0 radical (unpaired) electrons. The van der Waals surface area contributed by atoms with Crippen molar-refractivity contribution in [2.45, 2.75) is 18.2 Å². The van der Waals surface area contributed by atoms with Crippen molar-refractivity contribution in [3.05, 3.63) is 47.4 Å². The molecule has 1 unspecified atom stereocenters. The van der Waals surface area contributed by atoms with E-state index < -0.39 is 23.9 Å². The molecular formula is C13H13F3N2O2S. The molecule has 0 aromatic heterocycles. The number of allylic oxidation sites excluding steroid dienone is 1. The number of hydrogen-bond donors (Lipinski definition) is 2. The molecule has 0 fully saturated rings. The summed E-state index contributed by atoms with van der Waals surface area (Å²) in [6.07, 6.45) is -6.31. The van der Waals surface area contributed by atoms with Crippen LogP contribution in [0.3, 0.4) is 0 Å². The normalized spacial score (nSPS) is 19.1. The van der Waals surface area contributed by atoms with Crippen LogP contribution in [0.5, 0.6) is 0 Å². The Kier molecular flexibility index (Phi) is 4.79.